The van der Waals surface area contributed by atoms with E-state index in [-0.39, 0.29) is 5.82 Å². The molecular weight excluding hydrogens is 451 g/mol. The van der Waals surface area contributed by atoms with Crippen molar-refractivity contribution >= 4 is 38.6 Å². The van der Waals surface area contributed by atoms with Crippen molar-refractivity contribution in [2.24, 2.45) is 5.10 Å². The average Bonchev–Trinajstić information content (AvgIpc) is 3.28. The van der Waals surface area contributed by atoms with Gasteiger partial charge in [0.25, 0.3) is 0 Å². The maximum absolute atomic E-state index is 13.1. The molecule has 146 valence electrons. The first kappa shape index (κ1) is 19.5. The average molecular weight is 469 g/mol. The molecule has 0 unspecified atom stereocenters. The molecule has 0 amide bonds. The summed E-state index contributed by atoms with van der Waals surface area (Å²) in [5.41, 5.74) is 9.05. The lowest BCUT2D eigenvalue weighted by molar-refractivity contribution is 0.628. The van der Waals surface area contributed by atoms with E-state index in [9.17, 15) is 4.39 Å². The molecule has 0 aliphatic rings. The molecule has 2 aromatic carbocycles. The van der Waals surface area contributed by atoms with Crippen LogP contribution in [0, 0.1) is 19.7 Å². The Balaban J connectivity index is 1.50. The van der Waals surface area contributed by atoms with Crippen LogP contribution in [0.3, 0.4) is 0 Å². The number of anilines is 1. The number of hydrazone groups is 1. The van der Waals surface area contributed by atoms with Crippen LogP contribution in [-0.2, 0) is 0 Å². The zero-order valence-corrected chi connectivity index (χ0v) is 18.3. The molecule has 0 radical (unpaired) electrons. The van der Waals surface area contributed by atoms with E-state index in [1.807, 2.05) is 17.5 Å². The molecule has 1 N–H and O–H groups in total. The van der Waals surface area contributed by atoms with E-state index in [0.717, 1.165) is 38.4 Å². The first-order chi connectivity index (χ1) is 14.0. The normalized spacial score (nSPS) is 11.3. The SMILES string of the molecule is Cc1cc(C=NNc2nc(-c3ccc(F)cc3)cs2)c(C)n1-c1ccc(Br)cc1. The fraction of sp³-hybridized carbons (Fsp3) is 0.0909. The molecule has 0 saturated carbocycles. The van der Waals surface area contributed by atoms with E-state index in [1.54, 1.807) is 18.3 Å². The van der Waals surface area contributed by atoms with E-state index < -0.39 is 0 Å². The summed E-state index contributed by atoms with van der Waals surface area (Å²) in [5.74, 6) is -0.257. The second-order valence-corrected chi connectivity index (χ2v) is 8.33. The number of hydrogen-bond donors (Lipinski definition) is 1. The highest BCUT2D eigenvalue weighted by Gasteiger charge is 2.09. The van der Waals surface area contributed by atoms with Crippen molar-refractivity contribution in [3.8, 4) is 16.9 Å². The molecule has 0 fully saturated rings. The van der Waals surface area contributed by atoms with E-state index in [0.29, 0.717) is 5.13 Å². The topological polar surface area (TPSA) is 42.2 Å². The molecule has 7 heteroatoms. The zero-order chi connectivity index (χ0) is 20.4. The number of halogens is 2. The number of aryl methyl sites for hydroxylation is 1. The van der Waals surface area contributed by atoms with Crippen LogP contribution in [0.4, 0.5) is 9.52 Å². The minimum Gasteiger partial charge on any atom is -0.318 e. The molecule has 2 heterocycles. The third-order valence-electron chi connectivity index (χ3n) is 4.56. The fourth-order valence-electron chi connectivity index (χ4n) is 3.14. The first-order valence-corrected chi connectivity index (χ1v) is 10.6. The van der Waals surface area contributed by atoms with Crippen molar-refractivity contribution in [1.29, 1.82) is 0 Å². The van der Waals surface area contributed by atoms with Crippen LogP contribution in [0.15, 0.2) is 69.6 Å². The highest BCUT2D eigenvalue weighted by atomic mass is 79.9. The van der Waals surface area contributed by atoms with E-state index >= 15 is 0 Å². The Morgan fingerprint density at radius 1 is 1.10 bits per heavy atom. The Bertz CT molecular complexity index is 1160. The van der Waals surface area contributed by atoms with Gasteiger partial charge in [0.05, 0.1) is 11.9 Å². The lowest BCUT2D eigenvalue weighted by atomic mass is 10.2. The maximum Gasteiger partial charge on any atom is 0.203 e. The van der Waals surface area contributed by atoms with Crippen molar-refractivity contribution in [1.82, 2.24) is 9.55 Å². The van der Waals surface area contributed by atoms with E-state index in [2.05, 4.69) is 68.1 Å². The number of thiazole rings is 1. The molecule has 4 rings (SSSR count). The maximum atomic E-state index is 13.1. The summed E-state index contributed by atoms with van der Waals surface area (Å²) in [4.78, 5) is 4.50. The minimum atomic E-state index is -0.257. The number of nitrogens with one attached hydrogen (secondary N) is 1. The first-order valence-electron chi connectivity index (χ1n) is 8.97. The van der Waals surface area contributed by atoms with Crippen molar-refractivity contribution in [2.75, 3.05) is 5.43 Å². The Morgan fingerprint density at radius 3 is 2.55 bits per heavy atom. The van der Waals surface area contributed by atoms with Gasteiger partial charge in [-0.2, -0.15) is 5.10 Å². The van der Waals surface area contributed by atoms with Gasteiger partial charge in [0.2, 0.25) is 5.13 Å². The third-order valence-corrected chi connectivity index (χ3v) is 5.84. The second kappa shape index (κ2) is 8.31. The number of nitrogens with zero attached hydrogens (tertiary/aromatic N) is 3. The van der Waals surface area contributed by atoms with Crippen LogP contribution >= 0.6 is 27.3 Å². The highest BCUT2D eigenvalue weighted by Crippen LogP contribution is 2.25. The standard InChI is InChI=1S/C22H18BrFN4S/c1-14-11-17(15(2)28(14)20-9-5-18(23)6-10-20)12-25-27-22-26-21(13-29-22)16-3-7-19(24)8-4-16/h3-13H,1-2H3,(H,26,27). The zero-order valence-electron chi connectivity index (χ0n) is 15.9. The van der Waals surface area contributed by atoms with Crippen LogP contribution in [0.25, 0.3) is 16.9 Å². The molecule has 0 atom stereocenters. The molecule has 0 aliphatic heterocycles. The third kappa shape index (κ3) is 4.31. The lowest BCUT2D eigenvalue weighted by Crippen LogP contribution is -1.99. The lowest BCUT2D eigenvalue weighted by Gasteiger charge is -2.09. The summed E-state index contributed by atoms with van der Waals surface area (Å²) in [6.07, 6.45) is 1.80. The van der Waals surface area contributed by atoms with Gasteiger partial charge in [0, 0.05) is 38.1 Å². The van der Waals surface area contributed by atoms with E-state index in [4.69, 9.17) is 0 Å². The molecule has 4 nitrogen and oxygen atoms in total. The predicted molar refractivity (Wildman–Crippen MR) is 122 cm³/mol. The summed E-state index contributed by atoms with van der Waals surface area (Å²) in [6.45, 7) is 4.15. The number of rotatable bonds is 5. The van der Waals surface area contributed by atoms with Crippen molar-refractivity contribution in [3.05, 3.63) is 87.2 Å². The smallest absolute Gasteiger partial charge is 0.203 e. The van der Waals surface area contributed by atoms with Gasteiger partial charge in [-0.1, -0.05) is 15.9 Å². The summed E-state index contributed by atoms with van der Waals surface area (Å²) in [5, 5.41) is 6.95. The molecule has 0 spiro atoms. The number of benzene rings is 2. The molecule has 2 aromatic heterocycles. The van der Waals surface area contributed by atoms with Gasteiger partial charge in [-0.05, 0) is 68.4 Å². The Hall–Kier alpha value is -2.77. The van der Waals surface area contributed by atoms with Gasteiger partial charge in [-0.25, -0.2) is 9.37 Å². The minimum absolute atomic E-state index is 0.257. The predicted octanol–water partition coefficient (Wildman–Crippen LogP) is 6.57. The molecule has 29 heavy (non-hydrogen) atoms. The monoisotopic (exact) mass is 468 g/mol. The molecule has 0 saturated heterocycles. The largest absolute Gasteiger partial charge is 0.318 e. The van der Waals surface area contributed by atoms with Gasteiger partial charge in [-0.15, -0.1) is 11.3 Å². The Kier molecular flexibility index (Phi) is 5.60. The van der Waals surface area contributed by atoms with Gasteiger partial charge in [0.1, 0.15) is 5.82 Å². The second-order valence-electron chi connectivity index (χ2n) is 6.55. The van der Waals surface area contributed by atoms with Gasteiger partial charge in [0.15, 0.2) is 0 Å². The number of hydrogen-bond acceptors (Lipinski definition) is 4. The Labute approximate surface area is 180 Å². The van der Waals surface area contributed by atoms with Crippen LogP contribution in [0.2, 0.25) is 0 Å². The Morgan fingerprint density at radius 2 is 1.83 bits per heavy atom. The van der Waals surface area contributed by atoms with Crippen molar-refractivity contribution < 1.29 is 4.39 Å². The summed E-state index contributed by atoms with van der Waals surface area (Å²) < 4.78 is 16.3. The summed E-state index contributed by atoms with van der Waals surface area (Å²) >= 11 is 4.93. The van der Waals surface area contributed by atoms with Crippen molar-refractivity contribution in [3.63, 3.8) is 0 Å². The fourth-order valence-corrected chi connectivity index (χ4v) is 4.07. The molecule has 0 aliphatic carbocycles. The number of aromatic nitrogens is 2. The van der Waals surface area contributed by atoms with Gasteiger partial charge in [-0.3, -0.25) is 5.43 Å². The van der Waals surface area contributed by atoms with Crippen LogP contribution in [-0.4, -0.2) is 15.8 Å². The summed E-state index contributed by atoms with van der Waals surface area (Å²) in [7, 11) is 0. The van der Waals surface area contributed by atoms with E-state index in [1.165, 1.54) is 23.5 Å². The van der Waals surface area contributed by atoms with Crippen LogP contribution in [0.1, 0.15) is 17.0 Å². The van der Waals surface area contributed by atoms with Crippen molar-refractivity contribution in [2.45, 2.75) is 13.8 Å². The van der Waals surface area contributed by atoms with Crippen LogP contribution < -0.4 is 5.43 Å². The van der Waals surface area contributed by atoms with Gasteiger partial charge < -0.3 is 4.57 Å². The van der Waals surface area contributed by atoms with Gasteiger partial charge >= 0.3 is 0 Å². The molecule has 4 aromatic rings. The molecular formula is C22H18BrFN4S. The van der Waals surface area contributed by atoms with Crippen LogP contribution in [0.5, 0.6) is 0 Å². The summed E-state index contributed by atoms with van der Waals surface area (Å²) in [6, 6.07) is 16.6. The quantitative estimate of drug-likeness (QED) is 0.266. The molecule has 0 bridgehead atoms. The highest BCUT2D eigenvalue weighted by molar-refractivity contribution is 9.10.